The number of carbonyl (C=O) groups excluding carboxylic acids is 1. The molecule has 2 aliphatic heterocycles. The van der Waals surface area contributed by atoms with Crippen LogP contribution >= 0.6 is 12.4 Å². The molecule has 2 saturated heterocycles. The summed E-state index contributed by atoms with van der Waals surface area (Å²) in [6.45, 7) is 5.69. The van der Waals surface area contributed by atoms with E-state index in [-0.39, 0.29) is 30.5 Å². The molecule has 0 aromatic rings. The number of halogens is 1. The van der Waals surface area contributed by atoms with Gasteiger partial charge in [0.05, 0.1) is 12.7 Å². The maximum absolute atomic E-state index is 12.4. The Labute approximate surface area is 127 Å². The Morgan fingerprint density at radius 1 is 1.40 bits per heavy atom. The lowest BCUT2D eigenvalue weighted by atomic mass is 9.98. The Hall–Kier alpha value is -0.360. The van der Waals surface area contributed by atoms with Crippen molar-refractivity contribution >= 4 is 18.3 Å². The van der Waals surface area contributed by atoms with E-state index in [1.165, 1.54) is 0 Å². The molecule has 0 radical (unpaired) electrons. The monoisotopic (exact) mass is 306 g/mol. The van der Waals surface area contributed by atoms with Gasteiger partial charge in [0.15, 0.2) is 0 Å². The predicted octanol–water partition coefficient (Wildman–Crippen LogP) is 1.19. The minimum atomic E-state index is -0.264. The predicted molar refractivity (Wildman–Crippen MR) is 80.0 cm³/mol. The molecular formula is C14H27ClN2O3. The van der Waals surface area contributed by atoms with E-state index in [4.69, 9.17) is 15.2 Å². The number of likely N-dealkylation sites (tertiary alicyclic amines) is 1. The zero-order valence-electron chi connectivity index (χ0n) is 12.3. The highest BCUT2D eigenvalue weighted by molar-refractivity contribution is 5.85. The van der Waals surface area contributed by atoms with Gasteiger partial charge < -0.3 is 20.1 Å². The van der Waals surface area contributed by atoms with Gasteiger partial charge in [0.2, 0.25) is 0 Å². The van der Waals surface area contributed by atoms with Gasteiger partial charge in [0.25, 0.3) is 5.91 Å². The van der Waals surface area contributed by atoms with E-state index >= 15 is 0 Å². The molecule has 20 heavy (non-hydrogen) atoms. The van der Waals surface area contributed by atoms with Crippen LogP contribution in [-0.2, 0) is 14.3 Å². The summed E-state index contributed by atoms with van der Waals surface area (Å²) in [7, 11) is 0. The zero-order valence-corrected chi connectivity index (χ0v) is 13.1. The van der Waals surface area contributed by atoms with Crippen molar-refractivity contribution in [3.63, 3.8) is 0 Å². The van der Waals surface area contributed by atoms with E-state index < -0.39 is 0 Å². The summed E-state index contributed by atoms with van der Waals surface area (Å²) < 4.78 is 11.2. The van der Waals surface area contributed by atoms with Crippen molar-refractivity contribution in [2.24, 2.45) is 11.7 Å². The van der Waals surface area contributed by atoms with E-state index in [2.05, 4.69) is 0 Å². The Kier molecular flexibility index (Phi) is 7.80. The van der Waals surface area contributed by atoms with E-state index in [1.54, 1.807) is 0 Å². The third-order valence-corrected chi connectivity index (χ3v) is 4.03. The molecule has 1 amide bonds. The molecule has 0 spiro atoms. The van der Waals surface area contributed by atoms with Crippen LogP contribution < -0.4 is 5.73 Å². The molecule has 0 aromatic carbocycles. The van der Waals surface area contributed by atoms with Crippen LogP contribution in [0.25, 0.3) is 0 Å². The quantitative estimate of drug-likeness (QED) is 0.828. The third-order valence-electron chi connectivity index (χ3n) is 4.03. The Morgan fingerprint density at radius 2 is 2.20 bits per heavy atom. The number of carbonyl (C=O) groups is 1. The van der Waals surface area contributed by atoms with E-state index in [0.29, 0.717) is 12.5 Å². The van der Waals surface area contributed by atoms with Crippen LogP contribution in [0.15, 0.2) is 0 Å². The average Bonchev–Trinajstić information content (AvgIpc) is 2.93. The van der Waals surface area contributed by atoms with Gasteiger partial charge in [-0.25, -0.2) is 0 Å². The summed E-state index contributed by atoms with van der Waals surface area (Å²) in [6.07, 6.45) is 3.74. The van der Waals surface area contributed by atoms with Gasteiger partial charge in [0.1, 0.15) is 6.10 Å². The van der Waals surface area contributed by atoms with Gasteiger partial charge in [-0.3, -0.25) is 4.79 Å². The molecule has 1 unspecified atom stereocenters. The largest absolute Gasteiger partial charge is 0.381 e. The lowest BCUT2D eigenvalue weighted by molar-refractivity contribution is -0.145. The maximum Gasteiger partial charge on any atom is 0.251 e. The molecular weight excluding hydrogens is 280 g/mol. The minimum Gasteiger partial charge on any atom is -0.381 e. The van der Waals surface area contributed by atoms with Crippen LogP contribution in [0.1, 0.15) is 32.6 Å². The lowest BCUT2D eigenvalue weighted by Gasteiger charge is -2.34. The Morgan fingerprint density at radius 3 is 2.85 bits per heavy atom. The van der Waals surface area contributed by atoms with Crippen molar-refractivity contribution in [2.45, 2.75) is 44.8 Å². The highest BCUT2D eigenvalue weighted by Crippen LogP contribution is 2.24. The summed E-state index contributed by atoms with van der Waals surface area (Å²) in [5.74, 6) is 0.626. The smallest absolute Gasteiger partial charge is 0.251 e. The fourth-order valence-electron chi connectivity index (χ4n) is 2.95. The van der Waals surface area contributed by atoms with E-state index in [1.807, 2.05) is 11.8 Å². The van der Waals surface area contributed by atoms with Gasteiger partial charge >= 0.3 is 0 Å². The Bertz CT molecular complexity index is 304. The number of ether oxygens (including phenoxy) is 2. The molecule has 2 N–H and O–H groups in total. The topological polar surface area (TPSA) is 64.8 Å². The standard InChI is InChI=1S/C14H26N2O3.ClH/c1-2-18-10-11-4-3-7-16(9-11)14(17)13-6-5-12(8-15)19-13;/h11-13H,2-10,15H2,1H3;1H/t11?,12-,13+;/m1./s1. The first-order chi connectivity index (χ1) is 9.24. The minimum absolute atomic E-state index is 0. The molecule has 0 aromatic heterocycles. The molecule has 2 heterocycles. The highest BCUT2D eigenvalue weighted by atomic mass is 35.5. The van der Waals surface area contributed by atoms with Crippen LogP contribution in [0.2, 0.25) is 0 Å². The van der Waals surface area contributed by atoms with Crippen LogP contribution in [0, 0.1) is 5.92 Å². The van der Waals surface area contributed by atoms with Gasteiger partial charge in [-0.1, -0.05) is 0 Å². The molecule has 2 rings (SSSR count). The average molecular weight is 307 g/mol. The molecule has 0 bridgehead atoms. The number of hydrogen-bond acceptors (Lipinski definition) is 4. The van der Waals surface area contributed by atoms with Crippen molar-refractivity contribution in [1.82, 2.24) is 4.90 Å². The molecule has 2 fully saturated rings. The number of nitrogens with two attached hydrogens (primary N) is 1. The number of amides is 1. The van der Waals surface area contributed by atoms with Crippen molar-refractivity contribution in [3.05, 3.63) is 0 Å². The highest BCUT2D eigenvalue weighted by Gasteiger charge is 2.34. The first kappa shape index (κ1) is 17.7. The summed E-state index contributed by atoms with van der Waals surface area (Å²) in [4.78, 5) is 14.4. The number of rotatable bonds is 5. The van der Waals surface area contributed by atoms with Gasteiger partial charge in [0, 0.05) is 26.2 Å². The molecule has 118 valence electrons. The van der Waals surface area contributed by atoms with Crippen LogP contribution in [-0.4, -0.2) is 55.9 Å². The van der Waals surface area contributed by atoms with Crippen LogP contribution in [0.5, 0.6) is 0 Å². The Balaban J connectivity index is 0.00000200. The van der Waals surface area contributed by atoms with Gasteiger partial charge in [-0.2, -0.15) is 0 Å². The fraction of sp³-hybridized carbons (Fsp3) is 0.929. The van der Waals surface area contributed by atoms with E-state index in [0.717, 1.165) is 52.0 Å². The molecule has 3 atom stereocenters. The van der Waals surface area contributed by atoms with E-state index in [9.17, 15) is 4.79 Å². The zero-order chi connectivity index (χ0) is 13.7. The second-order valence-electron chi connectivity index (χ2n) is 5.51. The molecule has 2 aliphatic rings. The number of nitrogens with zero attached hydrogens (tertiary/aromatic N) is 1. The second kappa shape index (κ2) is 8.82. The number of piperidine rings is 1. The summed E-state index contributed by atoms with van der Waals surface area (Å²) in [6, 6.07) is 0. The third kappa shape index (κ3) is 4.58. The van der Waals surface area contributed by atoms with Crippen LogP contribution in [0.3, 0.4) is 0 Å². The first-order valence-corrected chi connectivity index (χ1v) is 7.46. The van der Waals surface area contributed by atoms with Crippen molar-refractivity contribution in [1.29, 1.82) is 0 Å². The van der Waals surface area contributed by atoms with Crippen LogP contribution in [0.4, 0.5) is 0 Å². The van der Waals surface area contributed by atoms with Crippen molar-refractivity contribution < 1.29 is 14.3 Å². The molecule has 6 heteroatoms. The fourth-order valence-corrected chi connectivity index (χ4v) is 2.95. The second-order valence-corrected chi connectivity index (χ2v) is 5.51. The lowest BCUT2D eigenvalue weighted by Crippen LogP contribution is -2.46. The van der Waals surface area contributed by atoms with Gasteiger partial charge in [-0.15, -0.1) is 12.4 Å². The summed E-state index contributed by atoms with van der Waals surface area (Å²) >= 11 is 0. The van der Waals surface area contributed by atoms with Crippen molar-refractivity contribution in [2.75, 3.05) is 32.8 Å². The molecule has 5 nitrogen and oxygen atoms in total. The van der Waals surface area contributed by atoms with Gasteiger partial charge in [-0.05, 0) is 38.5 Å². The normalized spacial score (nSPS) is 30.1. The summed E-state index contributed by atoms with van der Waals surface area (Å²) in [5, 5.41) is 0. The van der Waals surface area contributed by atoms with Crippen molar-refractivity contribution in [3.8, 4) is 0 Å². The SMILES string of the molecule is CCOCC1CCCN(C(=O)[C@@H]2CC[C@H](CN)O2)C1.Cl. The molecule has 0 saturated carbocycles. The maximum atomic E-state index is 12.4. The first-order valence-electron chi connectivity index (χ1n) is 7.46. The number of hydrogen-bond donors (Lipinski definition) is 1. The summed E-state index contributed by atoms with van der Waals surface area (Å²) in [5.41, 5.74) is 5.59. The molecule has 0 aliphatic carbocycles.